The Balaban J connectivity index is 1.97. The smallest absolute Gasteiger partial charge is 0.237 e. The fourth-order valence-electron chi connectivity index (χ4n) is 4.00. The zero-order valence-corrected chi connectivity index (χ0v) is 14.0. The lowest BCUT2D eigenvalue weighted by Crippen LogP contribution is -2.42. The maximum Gasteiger partial charge on any atom is 0.237 e. The molecule has 2 atom stereocenters. The van der Waals surface area contributed by atoms with Crippen molar-refractivity contribution in [2.24, 2.45) is 0 Å². The summed E-state index contributed by atoms with van der Waals surface area (Å²) in [4.78, 5) is 17.1. The Morgan fingerprint density at radius 2 is 2.04 bits per heavy atom. The van der Waals surface area contributed by atoms with Crippen molar-refractivity contribution in [1.82, 2.24) is 9.29 Å². The van der Waals surface area contributed by atoms with Gasteiger partial charge in [-0.25, -0.2) is 8.42 Å². The molecule has 3 heterocycles. The van der Waals surface area contributed by atoms with Crippen molar-refractivity contribution in [3.05, 3.63) is 59.9 Å². The molecular weight excluding hydrogens is 326 g/mol. The first kappa shape index (κ1) is 15.3. The first-order valence-corrected chi connectivity index (χ1v) is 9.57. The number of hydrogen-bond acceptors (Lipinski definition) is 4. The van der Waals surface area contributed by atoms with Gasteiger partial charge in [-0.2, -0.15) is 4.31 Å². The molecule has 6 nitrogen and oxygen atoms in total. The number of rotatable bonds is 2. The van der Waals surface area contributed by atoms with Gasteiger partial charge in [0.05, 0.1) is 17.7 Å². The van der Waals surface area contributed by atoms with Gasteiger partial charge in [0.2, 0.25) is 15.9 Å². The number of benzene rings is 1. The van der Waals surface area contributed by atoms with Crippen LogP contribution in [0.1, 0.15) is 23.6 Å². The summed E-state index contributed by atoms with van der Waals surface area (Å²) in [6.45, 7) is 0.306. The standard InChI is InChI=1S/C17H17N3O3S/c1-24(22,23)20-10-8-17(15(20)12-5-4-9-18-11-12)13-6-2-3-7-14(13)19-16(17)21/h2-7,9,11,15H,8,10H2,1H3,(H,19,21). The number of fused-ring (bicyclic) bond motifs is 2. The minimum absolute atomic E-state index is 0.149. The predicted octanol–water partition coefficient (Wildman–Crippen LogP) is 1.68. The van der Waals surface area contributed by atoms with Crippen LogP contribution in [0.4, 0.5) is 5.69 Å². The number of anilines is 1. The van der Waals surface area contributed by atoms with E-state index in [0.29, 0.717) is 13.0 Å². The molecule has 1 spiro atoms. The molecular formula is C17H17N3O3S. The van der Waals surface area contributed by atoms with Crippen molar-refractivity contribution in [1.29, 1.82) is 0 Å². The van der Waals surface area contributed by atoms with E-state index < -0.39 is 21.5 Å². The van der Waals surface area contributed by atoms with E-state index in [2.05, 4.69) is 10.3 Å². The topological polar surface area (TPSA) is 79.4 Å². The molecule has 1 N–H and O–H groups in total. The molecule has 2 unspecified atom stereocenters. The Labute approximate surface area is 140 Å². The third-order valence-electron chi connectivity index (χ3n) is 4.97. The van der Waals surface area contributed by atoms with E-state index in [1.54, 1.807) is 18.5 Å². The van der Waals surface area contributed by atoms with Crippen molar-refractivity contribution in [2.75, 3.05) is 18.1 Å². The number of amides is 1. The van der Waals surface area contributed by atoms with Gasteiger partial charge in [0.15, 0.2) is 0 Å². The van der Waals surface area contributed by atoms with E-state index in [4.69, 9.17) is 0 Å². The molecule has 2 aliphatic rings. The summed E-state index contributed by atoms with van der Waals surface area (Å²) >= 11 is 0. The maximum atomic E-state index is 13.0. The highest BCUT2D eigenvalue weighted by Gasteiger charge is 2.60. The van der Waals surface area contributed by atoms with Gasteiger partial charge in [-0.15, -0.1) is 0 Å². The monoisotopic (exact) mass is 343 g/mol. The molecule has 2 aromatic rings. The first-order chi connectivity index (χ1) is 11.4. The first-order valence-electron chi connectivity index (χ1n) is 7.72. The van der Waals surface area contributed by atoms with Gasteiger partial charge in [0.25, 0.3) is 0 Å². The Morgan fingerprint density at radius 3 is 2.75 bits per heavy atom. The molecule has 1 aromatic carbocycles. The molecule has 124 valence electrons. The predicted molar refractivity (Wildman–Crippen MR) is 89.9 cm³/mol. The number of pyridine rings is 1. The van der Waals surface area contributed by atoms with Crippen LogP contribution in [0, 0.1) is 0 Å². The van der Waals surface area contributed by atoms with E-state index in [0.717, 1.165) is 16.8 Å². The highest BCUT2D eigenvalue weighted by atomic mass is 32.2. The number of sulfonamides is 1. The molecule has 0 saturated carbocycles. The van der Waals surface area contributed by atoms with Crippen LogP contribution in [-0.2, 0) is 20.2 Å². The number of carbonyl (C=O) groups excluding carboxylic acids is 1. The quantitative estimate of drug-likeness (QED) is 0.900. The van der Waals surface area contributed by atoms with Gasteiger partial charge in [-0.3, -0.25) is 9.78 Å². The second-order valence-corrected chi connectivity index (χ2v) is 8.22. The number of carbonyl (C=O) groups is 1. The van der Waals surface area contributed by atoms with Crippen LogP contribution >= 0.6 is 0 Å². The van der Waals surface area contributed by atoms with Crippen LogP contribution in [0.5, 0.6) is 0 Å². The van der Waals surface area contributed by atoms with Crippen LogP contribution in [0.25, 0.3) is 0 Å². The zero-order valence-electron chi connectivity index (χ0n) is 13.1. The molecule has 24 heavy (non-hydrogen) atoms. The molecule has 0 bridgehead atoms. The van der Waals surface area contributed by atoms with Crippen LogP contribution in [0.3, 0.4) is 0 Å². The summed E-state index contributed by atoms with van der Waals surface area (Å²) in [5.41, 5.74) is 1.43. The molecule has 2 aliphatic heterocycles. The van der Waals surface area contributed by atoms with Crippen molar-refractivity contribution in [2.45, 2.75) is 17.9 Å². The largest absolute Gasteiger partial charge is 0.325 e. The summed E-state index contributed by atoms with van der Waals surface area (Å²) in [6, 6.07) is 10.5. The normalized spacial score (nSPS) is 26.5. The summed E-state index contributed by atoms with van der Waals surface area (Å²) in [6.07, 6.45) is 4.92. The fourth-order valence-corrected chi connectivity index (χ4v) is 5.11. The van der Waals surface area contributed by atoms with Crippen molar-refractivity contribution < 1.29 is 13.2 Å². The van der Waals surface area contributed by atoms with Gasteiger partial charge in [0, 0.05) is 24.6 Å². The molecule has 1 saturated heterocycles. The second kappa shape index (κ2) is 5.12. The average molecular weight is 343 g/mol. The Bertz CT molecular complexity index is 914. The fraction of sp³-hybridized carbons (Fsp3) is 0.294. The van der Waals surface area contributed by atoms with Gasteiger partial charge in [0.1, 0.15) is 0 Å². The summed E-state index contributed by atoms with van der Waals surface area (Å²) < 4.78 is 26.1. The lowest BCUT2D eigenvalue weighted by atomic mass is 9.73. The van der Waals surface area contributed by atoms with E-state index in [1.807, 2.05) is 30.3 Å². The second-order valence-electron chi connectivity index (χ2n) is 6.28. The van der Waals surface area contributed by atoms with Gasteiger partial charge in [-0.1, -0.05) is 24.3 Å². The molecule has 4 rings (SSSR count). The van der Waals surface area contributed by atoms with Gasteiger partial charge < -0.3 is 5.32 Å². The number of para-hydroxylation sites is 1. The van der Waals surface area contributed by atoms with E-state index >= 15 is 0 Å². The molecule has 1 fully saturated rings. The van der Waals surface area contributed by atoms with Crippen molar-refractivity contribution >= 4 is 21.6 Å². The highest BCUT2D eigenvalue weighted by Crippen LogP contribution is 2.55. The number of nitrogens with one attached hydrogen (secondary N) is 1. The molecule has 0 radical (unpaired) electrons. The summed E-state index contributed by atoms with van der Waals surface area (Å²) in [7, 11) is -3.46. The van der Waals surface area contributed by atoms with Crippen LogP contribution in [-0.4, -0.2) is 36.4 Å². The summed E-state index contributed by atoms with van der Waals surface area (Å²) in [5, 5.41) is 2.92. The van der Waals surface area contributed by atoms with E-state index in [9.17, 15) is 13.2 Å². The highest BCUT2D eigenvalue weighted by molar-refractivity contribution is 7.88. The number of aromatic nitrogens is 1. The van der Waals surface area contributed by atoms with Gasteiger partial charge in [-0.05, 0) is 29.7 Å². The third kappa shape index (κ3) is 2.01. The molecule has 0 aliphatic carbocycles. The Hall–Kier alpha value is -2.25. The zero-order chi connectivity index (χ0) is 16.9. The summed E-state index contributed by atoms with van der Waals surface area (Å²) in [5.74, 6) is -0.149. The lowest BCUT2D eigenvalue weighted by molar-refractivity contribution is -0.121. The van der Waals surface area contributed by atoms with E-state index in [-0.39, 0.29) is 5.91 Å². The SMILES string of the molecule is CS(=O)(=O)N1CCC2(C(=O)Nc3ccccc32)C1c1cccnc1. The maximum absolute atomic E-state index is 13.0. The molecule has 1 amide bonds. The lowest BCUT2D eigenvalue weighted by Gasteiger charge is -2.33. The Morgan fingerprint density at radius 1 is 1.25 bits per heavy atom. The average Bonchev–Trinajstić information content (AvgIpc) is 3.09. The van der Waals surface area contributed by atoms with Crippen LogP contribution in [0.2, 0.25) is 0 Å². The Kier molecular flexibility index (Phi) is 3.26. The minimum atomic E-state index is -3.46. The molecule has 1 aromatic heterocycles. The minimum Gasteiger partial charge on any atom is -0.325 e. The van der Waals surface area contributed by atoms with Gasteiger partial charge >= 0.3 is 0 Å². The number of nitrogens with zero attached hydrogens (tertiary/aromatic N) is 2. The van der Waals surface area contributed by atoms with E-state index in [1.165, 1.54) is 10.6 Å². The third-order valence-corrected chi connectivity index (χ3v) is 6.21. The van der Waals surface area contributed by atoms with Crippen LogP contribution < -0.4 is 5.32 Å². The van der Waals surface area contributed by atoms with Crippen molar-refractivity contribution in [3.8, 4) is 0 Å². The van der Waals surface area contributed by atoms with Crippen molar-refractivity contribution in [3.63, 3.8) is 0 Å². The van der Waals surface area contributed by atoms with Crippen LogP contribution in [0.15, 0.2) is 48.8 Å². The number of hydrogen-bond donors (Lipinski definition) is 1. The molecule has 7 heteroatoms.